The molecule has 27 heavy (non-hydrogen) atoms. The van der Waals surface area contributed by atoms with Crippen molar-refractivity contribution < 1.29 is 0 Å². The third-order valence-corrected chi connectivity index (χ3v) is 5.20. The molecule has 1 saturated heterocycles. The summed E-state index contributed by atoms with van der Waals surface area (Å²) in [6.45, 7) is 10.3. The molecule has 0 bridgehead atoms. The summed E-state index contributed by atoms with van der Waals surface area (Å²) in [6, 6.07) is 6.52. The second-order valence-corrected chi connectivity index (χ2v) is 7.29. The molecule has 0 amide bonds. The van der Waals surface area contributed by atoms with E-state index in [0.29, 0.717) is 6.54 Å². The van der Waals surface area contributed by atoms with Crippen LogP contribution in [-0.4, -0.2) is 57.2 Å². The first kappa shape index (κ1) is 17.7. The number of nitrogens with zero attached hydrogens (tertiary/aromatic N) is 7. The van der Waals surface area contributed by atoms with Gasteiger partial charge in [-0.15, -0.1) is 5.10 Å². The number of rotatable bonds is 4. The van der Waals surface area contributed by atoms with E-state index in [-0.39, 0.29) is 0 Å². The zero-order chi connectivity index (χ0) is 19.0. The maximum Gasteiger partial charge on any atom is 0.184 e. The van der Waals surface area contributed by atoms with E-state index < -0.39 is 0 Å². The van der Waals surface area contributed by atoms with E-state index in [2.05, 4.69) is 46.8 Å². The van der Waals surface area contributed by atoms with Crippen molar-refractivity contribution in [2.75, 3.05) is 37.6 Å². The minimum absolute atomic E-state index is 0.495. The van der Waals surface area contributed by atoms with Crippen molar-refractivity contribution in [1.29, 1.82) is 5.26 Å². The van der Waals surface area contributed by atoms with E-state index in [0.717, 1.165) is 72.9 Å². The van der Waals surface area contributed by atoms with Crippen molar-refractivity contribution in [1.82, 2.24) is 24.5 Å². The molecule has 140 valence electrons. The van der Waals surface area contributed by atoms with Gasteiger partial charge in [0.05, 0.1) is 18.0 Å². The zero-order valence-electron chi connectivity index (χ0n) is 16.2. The topological polar surface area (TPSA) is 73.3 Å². The average molecular weight is 363 g/mol. The molecule has 3 aromatic heterocycles. The fraction of sp³-hybridized carbons (Fsp3) is 0.500. The summed E-state index contributed by atoms with van der Waals surface area (Å²) in [5, 5.41) is 14.8. The van der Waals surface area contributed by atoms with Crippen LogP contribution in [0.3, 0.4) is 0 Å². The molecule has 0 aliphatic carbocycles. The molecule has 0 unspecified atom stereocenters. The fourth-order valence-corrected chi connectivity index (χ4v) is 3.90. The lowest BCUT2D eigenvalue weighted by Gasteiger charge is -2.34. The van der Waals surface area contributed by atoms with E-state index in [1.807, 2.05) is 11.4 Å². The van der Waals surface area contributed by atoms with Crippen LogP contribution in [0.1, 0.15) is 30.3 Å². The molecule has 0 N–H and O–H groups in total. The summed E-state index contributed by atoms with van der Waals surface area (Å²) in [6.07, 6.45) is 2.00. The number of aromatic nitrogens is 4. The quantitative estimate of drug-likeness (QED) is 0.663. The lowest BCUT2D eigenvalue weighted by atomic mass is 10.1. The van der Waals surface area contributed by atoms with Gasteiger partial charge in [-0.3, -0.25) is 4.90 Å². The normalized spacial score (nSPS) is 15.6. The molecule has 3 aromatic rings. The van der Waals surface area contributed by atoms with Gasteiger partial charge in [0.25, 0.3) is 0 Å². The lowest BCUT2D eigenvalue weighted by Crippen LogP contribution is -2.47. The Kier molecular flexibility index (Phi) is 4.66. The molecule has 1 fully saturated rings. The van der Waals surface area contributed by atoms with Crippen molar-refractivity contribution in [2.45, 2.75) is 33.6 Å². The van der Waals surface area contributed by atoms with Crippen LogP contribution in [0.5, 0.6) is 0 Å². The second kappa shape index (κ2) is 7.12. The molecule has 0 radical (unpaired) electrons. The highest BCUT2D eigenvalue weighted by Crippen LogP contribution is 2.27. The van der Waals surface area contributed by atoms with Gasteiger partial charge in [0.1, 0.15) is 5.82 Å². The maximum absolute atomic E-state index is 8.93. The Balaban J connectivity index is 1.84. The molecular weight excluding hydrogens is 338 g/mol. The van der Waals surface area contributed by atoms with Gasteiger partial charge in [-0.2, -0.15) is 9.78 Å². The molecule has 0 atom stereocenters. The number of aryl methyl sites for hydroxylation is 3. The molecule has 0 aromatic carbocycles. The van der Waals surface area contributed by atoms with E-state index in [9.17, 15) is 0 Å². The van der Waals surface area contributed by atoms with Crippen molar-refractivity contribution in [2.24, 2.45) is 0 Å². The number of hydrogen-bond acceptors (Lipinski definition) is 6. The van der Waals surface area contributed by atoms with E-state index in [1.54, 1.807) is 0 Å². The van der Waals surface area contributed by atoms with Gasteiger partial charge < -0.3 is 4.90 Å². The van der Waals surface area contributed by atoms with Gasteiger partial charge in [-0.25, -0.2) is 9.97 Å². The molecule has 1 aliphatic heterocycles. The van der Waals surface area contributed by atoms with Gasteiger partial charge in [-0.05, 0) is 31.9 Å². The number of fused-ring (bicyclic) bond motifs is 3. The lowest BCUT2D eigenvalue weighted by molar-refractivity contribution is 0.286. The number of nitriles is 1. The molecular formula is C20H25N7. The molecule has 0 saturated carbocycles. The summed E-state index contributed by atoms with van der Waals surface area (Å²) >= 11 is 0. The highest BCUT2D eigenvalue weighted by Gasteiger charge is 2.22. The van der Waals surface area contributed by atoms with Crippen LogP contribution in [0, 0.1) is 25.2 Å². The predicted molar refractivity (Wildman–Crippen MR) is 106 cm³/mol. The number of anilines is 1. The summed E-state index contributed by atoms with van der Waals surface area (Å²) in [7, 11) is 0. The Labute approximate surface area is 159 Å². The Morgan fingerprint density at radius 2 is 1.89 bits per heavy atom. The second-order valence-electron chi connectivity index (χ2n) is 7.29. The molecule has 7 nitrogen and oxygen atoms in total. The van der Waals surface area contributed by atoms with Crippen LogP contribution >= 0.6 is 0 Å². The summed E-state index contributed by atoms with van der Waals surface area (Å²) in [5.41, 5.74) is 4.90. The highest BCUT2D eigenvalue weighted by molar-refractivity contribution is 5.93. The van der Waals surface area contributed by atoms with Crippen LogP contribution in [0.15, 0.2) is 12.1 Å². The van der Waals surface area contributed by atoms with Gasteiger partial charge in [-0.1, -0.05) is 13.3 Å². The van der Waals surface area contributed by atoms with Gasteiger partial charge in [0, 0.05) is 43.6 Å². The van der Waals surface area contributed by atoms with Crippen LogP contribution < -0.4 is 4.90 Å². The Hall–Kier alpha value is -2.72. The summed E-state index contributed by atoms with van der Waals surface area (Å²) in [4.78, 5) is 14.1. The number of piperazine rings is 1. The highest BCUT2D eigenvalue weighted by atomic mass is 15.4. The third-order valence-electron chi connectivity index (χ3n) is 5.20. The monoisotopic (exact) mass is 363 g/mol. The van der Waals surface area contributed by atoms with Crippen LogP contribution in [0.25, 0.3) is 16.7 Å². The first-order chi connectivity index (χ1) is 13.1. The molecule has 1 aliphatic rings. The third kappa shape index (κ3) is 3.21. The van der Waals surface area contributed by atoms with Crippen molar-refractivity contribution in [3.8, 4) is 6.07 Å². The van der Waals surface area contributed by atoms with E-state index >= 15 is 0 Å². The Bertz CT molecular complexity index is 1020. The van der Waals surface area contributed by atoms with E-state index in [4.69, 9.17) is 15.3 Å². The molecule has 0 spiro atoms. The number of pyridine rings is 1. The first-order valence-electron chi connectivity index (χ1n) is 9.61. The van der Waals surface area contributed by atoms with Crippen molar-refractivity contribution >= 4 is 22.5 Å². The van der Waals surface area contributed by atoms with Gasteiger partial charge >= 0.3 is 0 Å². The van der Waals surface area contributed by atoms with Gasteiger partial charge in [0.2, 0.25) is 0 Å². The molecule has 7 heteroatoms. The van der Waals surface area contributed by atoms with Crippen LogP contribution in [0.2, 0.25) is 0 Å². The van der Waals surface area contributed by atoms with Gasteiger partial charge in [0.15, 0.2) is 11.3 Å². The molecule has 4 rings (SSSR count). The number of hydrogen-bond donors (Lipinski definition) is 0. The SMILES string of the molecule is CCCc1cc(N2CCN(CC#N)CC2)n2nc3nc(C)cc(C)c3c2n1. The summed E-state index contributed by atoms with van der Waals surface area (Å²) < 4.78 is 1.96. The smallest absolute Gasteiger partial charge is 0.184 e. The van der Waals surface area contributed by atoms with Crippen LogP contribution in [0.4, 0.5) is 5.82 Å². The van der Waals surface area contributed by atoms with Crippen LogP contribution in [-0.2, 0) is 6.42 Å². The maximum atomic E-state index is 8.93. The first-order valence-corrected chi connectivity index (χ1v) is 9.61. The Morgan fingerprint density at radius 1 is 1.11 bits per heavy atom. The minimum atomic E-state index is 0.495. The largest absolute Gasteiger partial charge is 0.354 e. The van der Waals surface area contributed by atoms with E-state index in [1.165, 1.54) is 5.56 Å². The standard InChI is InChI=1S/C20H25N7/c1-4-5-16-13-17(26-10-8-25(7-6-21)9-11-26)27-20(23-16)18-14(2)12-15(3)22-19(18)24-27/h12-13H,4-5,7-11H2,1-3H3. The zero-order valence-corrected chi connectivity index (χ0v) is 16.2. The van der Waals surface area contributed by atoms with Crippen molar-refractivity contribution in [3.63, 3.8) is 0 Å². The Morgan fingerprint density at radius 3 is 2.59 bits per heavy atom. The summed E-state index contributed by atoms with van der Waals surface area (Å²) in [5.74, 6) is 1.08. The molecule has 4 heterocycles. The van der Waals surface area contributed by atoms with Crippen molar-refractivity contribution in [3.05, 3.63) is 29.1 Å². The predicted octanol–water partition coefficient (Wildman–Crippen LogP) is 2.49. The fourth-order valence-electron chi connectivity index (χ4n) is 3.90. The average Bonchev–Trinajstić information content (AvgIpc) is 3.00. The minimum Gasteiger partial charge on any atom is -0.354 e.